The first kappa shape index (κ1) is 12.9. The number of nitrogens with zero attached hydrogens (tertiary/aromatic N) is 1. The van der Waals surface area contributed by atoms with E-state index in [1.165, 1.54) is 19.3 Å². The molecule has 2 aliphatic carbocycles. The van der Waals surface area contributed by atoms with Gasteiger partial charge < -0.3 is 5.11 Å². The van der Waals surface area contributed by atoms with E-state index in [9.17, 15) is 9.90 Å². The molecule has 0 aliphatic heterocycles. The minimum Gasteiger partial charge on any atom is -0.481 e. The van der Waals surface area contributed by atoms with Crippen molar-refractivity contribution in [2.24, 2.45) is 11.3 Å². The Labute approximate surface area is 104 Å². The van der Waals surface area contributed by atoms with Gasteiger partial charge in [0.05, 0.1) is 5.41 Å². The zero-order chi connectivity index (χ0) is 12.5. The molecule has 0 spiro atoms. The predicted octanol–water partition coefficient (Wildman–Crippen LogP) is 2.75. The summed E-state index contributed by atoms with van der Waals surface area (Å²) in [6.45, 7) is 6.12. The van der Waals surface area contributed by atoms with Crippen LogP contribution in [0.15, 0.2) is 0 Å². The summed E-state index contributed by atoms with van der Waals surface area (Å²) in [6, 6.07) is 0.674. The molecule has 0 amide bonds. The molecular formula is C14H25NO2. The molecule has 0 aromatic rings. The van der Waals surface area contributed by atoms with E-state index in [1.807, 2.05) is 0 Å². The van der Waals surface area contributed by atoms with Crippen molar-refractivity contribution in [1.82, 2.24) is 4.90 Å². The summed E-state index contributed by atoms with van der Waals surface area (Å²) in [5, 5.41) is 9.63. The Hall–Kier alpha value is -0.570. The maximum absolute atomic E-state index is 11.7. The zero-order valence-electron chi connectivity index (χ0n) is 11.1. The topological polar surface area (TPSA) is 40.5 Å². The SMILES string of the molecule is CCN(CC1(C(=O)O)CCCC(C)C1)C1CC1. The summed E-state index contributed by atoms with van der Waals surface area (Å²) in [4.78, 5) is 14.1. The van der Waals surface area contributed by atoms with Crippen molar-refractivity contribution in [1.29, 1.82) is 0 Å². The first-order valence-corrected chi connectivity index (χ1v) is 7.05. The molecule has 2 fully saturated rings. The summed E-state index contributed by atoms with van der Waals surface area (Å²) in [6.07, 6.45) is 6.54. The van der Waals surface area contributed by atoms with Gasteiger partial charge in [-0.1, -0.05) is 26.7 Å². The molecule has 0 heterocycles. The zero-order valence-corrected chi connectivity index (χ0v) is 11.1. The number of hydrogen-bond acceptors (Lipinski definition) is 2. The largest absolute Gasteiger partial charge is 0.481 e. The van der Waals surface area contributed by atoms with Crippen LogP contribution in [-0.4, -0.2) is 35.1 Å². The number of carbonyl (C=O) groups is 1. The Morgan fingerprint density at radius 3 is 2.59 bits per heavy atom. The molecule has 2 saturated carbocycles. The van der Waals surface area contributed by atoms with E-state index >= 15 is 0 Å². The van der Waals surface area contributed by atoms with Crippen molar-refractivity contribution in [3.8, 4) is 0 Å². The molecule has 0 aromatic heterocycles. The fourth-order valence-electron chi connectivity index (χ4n) is 3.39. The molecule has 3 heteroatoms. The van der Waals surface area contributed by atoms with Gasteiger partial charge in [-0.05, 0) is 38.1 Å². The van der Waals surface area contributed by atoms with Crippen molar-refractivity contribution in [2.75, 3.05) is 13.1 Å². The van der Waals surface area contributed by atoms with E-state index in [4.69, 9.17) is 0 Å². The van der Waals surface area contributed by atoms with Crippen LogP contribution in [0, 0.1) is 11.3 Å². The lowest BCUT2D eigenvalue weighted by Crippen LogP contribution is -2.46. The van der Waals surface area contributed by atoms with Crippen molar-refractivity contribution in [2.45, 2.75) is 58.4 Å². The molecule has 2 aliphatic rings. The molecule has 2 atom stereocenters. The van der Waals surface area contributed by atoms with Crippen LogP contribution >= 0.6 is 0 Å². The van der Waals surface area contributed by atoms with Crippen LogP contribution in [0.25, 0.3) is 0 Å². The minimum atomic E-state index is -0.567. The molecule has 2 unspecified atom stereocenters. The Morgan fingerprint density at radius 1 is 1.41 bits per heavy atom. The number of hydrogen-bond donors (Lipinski definition) is 1. The molecule has 0 aromatic carbocycles. The van der Waals surface area contributed by atoms with Crippen molar-refractivity contribution < 1.29 is 9.90 Å². The molecule has 3 nitrogen and oxygen atoms in total. The van der Waals surface area contributed by atoms with Gasteiger partial charge in [0.2, 0.25) is 0 Å². The third kappa shape index (κ3) is 2.82. The lowest BCUT2D eigenvalue weighted by Gasteiger charge is -2.40. The normalized spacial score (nSPS) is 33.9. The Balaban J connectivity index is 2.07. The summed E-state index contributed by atoms with van der Waals surface area (Å²) in [5.74, 6) is 0.000842. The Kier molecular flexibility index (Phi) is 3.76. The van der Waals surface area contributed by atoms with Gasteiger partial charge in [-0.3, -0.25) is 9.69 Å². The van der Waals surface area contributed by atoms with Gasteiger partial charge in [-0.25, -0.2) is 0 Å². The number of carboxylic acid groups (broad SMARTS) is 1. The predicted molar refractivity (Wildman–Crippen MR) is 68.0 cm³/mol. The first-order chi connectivity index (χ1) is 8.07. The highest BCUT2D eigenvalue weighted by molar-refractivity contribution is 5.75. The molecule has 0 radical (unpaired) electrons. The lowest BCUT2D eigenvalue weighted by atomic mass is 9.69. The van der Waals surface area contributed by atoms with E-state index in [1.54, 1.807) is 0 Å². The molecule has 98 valence electrons. The highest BCUT2D eigenvalue weighted by atomic mass is 16.4. The van der Waals surface area contributed by atoms with E-state index in [2.05, 4.69) is 18.7 Å². The average molecular weight is 239 g/mol. The van der Waals surface area contributed by atoms with Gasteiger partial charge in [-0.2, -0.15) is 0 Å². The van der Waals surface area contributed by atoms with E-state index in [0.29, 0.717) is 12.0 Å². The average Bonchev–Trinajstić information content (AvgIpc) is 3.09. The van der Waals surface area contributed by atoms with E-state index in [0.717, 1.165) is 32.4 Å². The Morgan fingerprint density at radius 2 is 2.12 bits per heavy atom. The smallest absolute Gasteiger partial charge is 0.310 e. The molecular weight excluding hydrogens is 214 g/mol. The van der Waals surface area contributed by atoms with Crippen LogP contribution in [0.1, 0.15) is 52.4 Å². The van der Waals surface area contributed by atoms with E-state index < -0.39 is 11.4 Å². The second-order valence-electron chi connectivity index (χ2n) is 6.08. The highest BCUT2D eigenvalue weighted by Crippen LogP contribution is 2.42. The van der Waals surface area contributed by atoms with Crippen molar-refractivity contribution in [3.63, 3.8) is 0 Å². The van der Waals surface area contributed by atoms with Crippen LogP contribution in [0.2, 0.25) is 0 Å². The summed E-state index contributed by atoms with van der Waals surface area (Å²) in [5.41, 5.74) is -0.462. The molecule has 2 rings (SSSR count). The molecule has 1 N–H and O–H groups in total. The fraction of sp³-hybridized carbons (Fsp3) is 0.929. The second-order valence-corrected chi connectivity index (χ2v) is 6.08. The van der Waals surface area contributed by atoms with Gasteiger partial charge in [0.1, 0.15) is 0 Å². The quantitative estimate of drug-likeness (QED) is 0.802. The fourth-order valence-corrected chi connectivity index (χ4v) is 3.39. The third-order valence-electron chi connectivity index (χ3n) is 4.52. The van der Waals surface area contributed by atoms with Crippen LogP contribution < -0.4 is 0 Å². The summed E-state index contributed by atoms with van der Waals surface area (Å²) in [7, 11) is 0. The molecule has 0 bridgehead atoms. The van der Waals surface area contributed by atoms with Gasteiger partial charge in [-0.15, -0.1) is 0 Å². The molecule has 17 heavy (non-hydrogen) atoms. The van der Waals surface area contributed by atoms with Gasteiger partial charge in [0.25, 0.3) is 0 Å². The highest BCUT2D eigenvalue weighted by Gasteiger charge is 2.44. The maximum atomic E-state index is 11.7. The number of aliphatic carboxylic acids is 1. The molecule has 0 saturated heterocycles. The number of carboxylic acids is 1. The van der Waals surface area contributed by atoms with E-state index in [-0.39, 0.29) is 0 Å². The van der Waals surface area contributed by atoms with Crippen LogP contribution in [0.5, 0.6) is 0 Å². The monoisotopic (exact) mass is 239 g/mol. The first-order valence-electron chi connectivity index (χ1n) is 7.05. The minimum absolute atomic E-state index is 0.462. The maximum Gasteiger partial charge on any atom is 0.310 e. The van der Waals surface area contributed by atoms with Crippen molar-refractivity contribution in [3.05, 3.63) is 0 Å². The second kappa shape index (κ2) is 4.97. The van der Waals surface area contributed by atoms with Crippen molar-refractivity contribution >= 4 is 5.97 Å². The number of rotatable bonds is 5. The standard InChI is InChI=1S/C14H25NO2/c1-3-15(12-6-7-12)10-14(13(16)17)8-4-5-11(2)9-14/h11-12H,3-10H2,1-2H3,(H,16,17). The van der Waals surface area contributed by atoms with Gasteiger partial charge in [0.15, 0.2) is 0 Å². The third-order valence-corrected chi connectivity index (χ3v) is 4.52. The van der Waals surface area contributed by atoms with Gasteiger partial charge in [0, 0.05) is 12.6 Å². The van der Waals surface area contributed by atoms with Crippen LogP contribution in [-0.2, 0) is 4.79 Å². The Bertz CT molecular complexity index is 288. The summed E-state index contributed by atoms with van der Waals surface area (Å²) >= 11 is 0. The van der Waals surface area contributed by atoms with Gasteiger partial charge >= 0.3 is 5.97 Å². The summed E-state index contributed by atoms with van der Waals surface area (Å²) < 4.78 is 0. The lowest BCUT2D eigenvalue weighted by molar-refractivity contribution is -0.153. The van der Waals surface area contributed by atoms with Crippen LogP contribution in [0.4, 0.5) is 0 Å². The van der Waals surface area contributed by atoms with Crippen LogP contribution in [0.3, 0.4) is 0 Å².